The fraction of sp³-hybridized carbons (Fsp3) is 0.355. The molecule has 2 heterocycles. The summed E-state index contributed by atoms with van der Waals surface area (Å²) >= 11 is 0. The van der Waals surface area contributed by atoms with Crippen LogP contribution in [0.25, 0.3) is 0 Å². The molecule has 0 saturated heterocycles. The fourth-order valence-electron chi connectivity index (χ4n) is 4.26. The third kappa shape index (κ3) is 8.94. The molecule has 1 aliphatic rings. The Morgan fingerprint density at radius 1 is 0.974 bits per heavy atom. The first-order valence-electron chi connectivity index (χ1n) is 13.1. The van der Waals surface area contributed by atoms with Crippen molar-refractivity contribution in [3.63, 3.8) is 0 Å². The number of hydrogen-bond acceptors (Lipinski definition) is 4. The lowest BCUT2D eigenvalue weighted by Crippen LogP contribution is -2.22. The van der Waals surface area contributed by atoms with E-state index in [2.05, 4.69) is 47.1 Å². The highest BCUT2D eigenvalue weighted by atomic mass is 19.4. The van der Waals surface area contributed by atoms with Gasteiger partial charge >= 0.3 is 6.18 Å². The number of pyridine rings is 1. The monoisotopic (exact) mass is 548 g/mol. The van der Waals surface area contributed by atoms with E-state index in [0.717, 1.165) is 41.3 Å². The van der Waals surface area contributed by atoms with Gasteiger partial charge in [-0.2, -0.15) is 13.2 Å². The summed E-state index contributed by atoms with van der Waals surface area (Å²) < 4.78 is 57.2. The highest BCUT2D eigenvalue weighted by molar-refractivity contribution is 5.60. The molecular formula is C31H40F4N2O2. The molecule has 1 N–H and O–H groups in total. The number of anilines is 1. The number of halogens is 4. The standard InChI is InChI=1S/C27H26F4N2.C2H4O2.C2H6.2H2/c1-3-19-7-5-17(13-20(19)4-2)15-22-9-10-23(28)25(32-22)16-18-6-11-24-21(14-18)8-12-26(33-24)27(29,30)31;1-4-2-3;1-2;;/h5-7,9-14,33H,3-4,8,15-16H2,1-2H3;2H,1H3;1-2H3;2*1H. The molecule has 0 atom stereocenters. The maximum atomic E-state index is 14.5. The number of rotatable bonds is 7. The average Bonchev–Trinajstić information content (AvgIpc) is 2.95. The summed E-state index contributed by atoms with van der Waals surface area (Å²) in [5.41, 5.74) is 6.17. The molecule has 4 nitrogen and oxygen atoms in total. The normalized spacial score (nSPS) is 12.0. The second-order valence-electron chi connectivity index (χ2n) is 8.66. The molecular weight excluding hydrogens is 508 g/mol. The predicted octanol–water partition coefficient (Wildman–Crippen LogP) is 8.25. The quantitative estimate of drug-likeness (QED) is 0.239. The van der Waals surface area contributed by atoms with Gasteiger partial charge in [0.15, 0.2) is 0 Å². The second kappa shape index (κ2) is 15.0. The maximum Gasteiger partial charge on any atom is 0.430 e. The lowest BCUT2D eigenvalue weighted by molar-refractivity contribution is -0.126. The van der Waals surface area contributed by atoms with Crippen LogP contribution in [0.4, 0.5) is 23.2 Å². The van der Waals surface area contributed by atoms with Crippen molar-refractivity contribution in [2.45, 2.75) is 66.0 Å². The largest absolute Gasteiger partial charge is 0.471 e. The average molecular weight is 549 g/mol. The Morgan fingerprint density at radius 3 is 2.23 bits per heavy atom. The van der Waals surface area contributed by atoms with Gasteiger partial charge in [0.2, 0.25) is 0 Å². The summed E-state index contributed by atoms with van der Waals surface area (Å²) in [7, 11) is 1.31. The third-order valence-corrected chi connectivity index (χ3v) is 6.13. The van der Waals surface area contributed by atoms with Crippen molar-refractivity contribution in [1.29, 1.82) is 0 Å². The summed E-state index contributed by atoms with van der Waals surface area (Å²) in [5, 5.41) is 2.44. The van der Waals surface area contributed by atoms with Crippen molar-refractivity contribution in [3.05, 3.63) is 105 Å². The smallest absolute Gasteiger partial charge is 0.430 e. The molecule has 1 aliphatic heterocycles. The lowest BCUT2D eigenvalue weighted by Gasteiger charge is -2.21. The van der Waals surface area contributed by atoms with Gasteiger partial charge in [-0.05, 0) is 65.3 Å². The van der Waals surface area contributed by atoms with Crippen LogP contribution in [0.5, 0.6) is 0 Å². The van der Waals surface area contributed by atoms with Gasteiger partial charge in [-0.1, -0.05) is 64.1 Å². The Labute approximate surface area is 231 Å². The zero-order valence-electron chi connectivity index (χ0n) is 23.1. The number of nitrogens with one attached hydrogen (secondary N) is 1. The van der Waals surface area contributed by atoms with E-state index in [-0.39, 0.29) is 21.5 Å². The van der Waals surface area contributed by atoms with Gasteiger partial charge in [0, 0.05) is 27.1 Å². The number of fused-ring (bicyclic) bond motifs is 1. The van der Waals surface area contributed by atoms with Crippen molar-refractivity contribution in [1.82, 2.24) is 4.98 Å². The second-order valence-corrected chi connectivity index (χ2v) is 8.66. The van der Waals surface area contributed by atoms with Gasteiger partial charge < -0.3 is 10.1 Å². The summed E-state index contributed by atoms with van der Waals surface area (Å²) in [6.45, 7) is 8.66. The Morgan fingerprint density at radius 2 is 1.62 bits per heavy atom. The number of hydrogen-bond donors (Lipinski definition) is 1. The predicted molar refractivity (Wildman–Crippen MR) is 152 cm³/mol. The molecule has 39 heavy (non-hydrogen) atoms. The van der Waals surface area contributed by atoms with Crippen LogP contribution in [-0.2, 0) is 41.6 Å². The molecule has 214 valence electrons. The molecule has 3 aromatic rings. The molecule has 0 amide bonds. The SMILES string of the molecule is CC.CCc1ccc(Cc2ccc(F)c(Cc3ccc4c(c3)CC=C(C(F)(F)F)N4)n2)cc1CC.COC=O.[HH].[HH]. The molecule has 0 spiro atoms. The Bertz CT molecular complexity index is 1280. The van der Waals surface area contributed by atoms with E-state index in [1.165, 1.54) is 24.3 Å². The summed E-state index contributed by atoms with van der Waals surface area (Å²) in [5.74, 6) is -0.385. The number of ether oxygens (including phenoxy) is 1. The van der Waals surface area contributed by atoms with Crippen LogP contribution in [-0.4, -0.2) is 24.7 Å². The number of allylic oxidation sites excluding steroid dienone is 2. The maximum absolute atomic E-state index is 14.5. The minimum absolute atomic E-state index is 0. The first-order valence-corrected chi connectivity index (χ1v) is 13.1. The molecule has 2 aromatic carbocycles. The minimum Gasteiger partial charge on any atom is -0.471 e. The molecule has 1 aromatic heterocycles. The van der Waals surface area contributed by atoms with Crippen LogP contribution in [0.3, 0.4) is 0 Å². The Kier molecular flexibility index (Phi) is 12.2. The van der Waals surface area contributed by atoms with E-state index in [0.29, 0.717) is 24.3 Å². The number of alkyl halides is 3. The molecule has 0 aliphatic carbocycles. The van der Waals surface area contributed by atoms with Crippen molar-refractivity contribution in [2.75, 3.05) is 12.4 Å². The van der Waals surface area contributed by atoms with Crippen LogP contribution in [0.1, 0.15) is 69.8 Å². The molecule has 0 unspecified atom stereocenters. The number of methoxy groups -OCH3 is 1. The molecule has 0 bridgehead atoms. The van der Waals surface area contributed by atoms with Crippen LogP contribution in [0, 0.1) is 5.82 Å². The van der Waals surface area contributed by atoms with Gasteiger partial charge in [0.05, 0.1) is 12.8 Å². The van der Waals surface area contributed by atoms with Crippen LogP contribution in [0.2, 0.25) is 0 Å². The zero-order valence-corrected chi connectivity index (χ0v) is 23.1. The van der Waals surface area contributed by atoms with Gasteiger partial charge in [-0.15, -0.1) is 0 Å². The molecule has 8 heteroatoms. The topological polar surface area (TPSA) is 51.2 Å². The lowest BCUT2D eigenvalue weighted by atomic mass is 9.97. The van der Waals surface area contributed by atoms with Crippen molar-refractivity contribution in [3.8, 4) is 0 Å². The number of benzene rings is 2. The van der Waals surface area contributed by atoms with E-state index in [4.69, 9.17) is 4.79 Å². The van der Waals surface area contributed by atoms with Gasteiger partial charge in [-0.25, -0.2) is 4.39 Å². The van der Waals surface area contributed by atoms with Gasteiger partial charge in [0.25, 0.3) is 6.47 Å². The van der Waals surface area contributed by atoms with Crippen molar-refractivity contribution in [2.24, 2.45) is 0 Å². The van der Waals surface area contributed by atoms with Crippen LogP contribution in [0.15, 0.2) is 60.3 Å². The number of carbonyl (C=O) groups is 1. The van der Waals surface area contributed by atoms with E-state index in [1.807, 2.05) is 19.9 Å². The van der Waals surface area contributed by atoms with Crippen molar-refractivity contribution < 1.29 is 29.9 Å². The van der Waals surface area contributed by atoms with Gasteiger partial charge in [-0.3, -0.25) is 9.78 Å². The van der Waals surface area contributed by atoms with E-state index < -0.39 is 11.9 Å². The van der Waals surface area contributed by atoms with E-state index in [9.17, 15) is 17.6 Å². The van der Waals surface area contributed by atoms with Crippen LogP contribution < -0.4 is 5.32 Å². The molecule has 0 fully saturated rings. The van der Waals surface area contributed by atoms with E-state index in [1.54, 1.807) is 18.2 Å². The number of aryl methyl sites for hydroxylation is 2. The Hall–Kier alpha value is -3.68. The number of aromatic nitrogens is 1. The first kappa shape index (κ1) is 31.5. The van der Waals surface area contributed by atoms with E-state index >= 15 is 0 Å². The zero-order chi connectivity index (χ0) is 29.0. The Balaban J connectivity index is 0.00000184. The third-order valence-electron chi connectivity index (χ3n) is 6.13. The van der Waals surface area contributed by atoms with Crippen molar-refractivity contribution >= 4 is 12.2 Å². The molecule has 0 radical (unpaired) electrons. The molecule has 0 saturated carbocycles. The summed E-state index contributed by atoms with van der Waals surface area (Å²) in [6.07, 6.45) is -0.244. The number of nitrogens with zero attached hydrogens (tertiary/aromatic N) is 1. The van der Waals surface area contributed by atoms with Crippen LogP contribution >= 0.6 is 0 Å². The van der Waals surface area contributed by atoms with Gasteiger partial charge in [0.1, 0.15) is 11.5 Å². The summed E-state index contributed by atoms with van der Waals surface area (Å²) in [6, 6.07) is 14.7. The first-order chi connectivity index (χ1) is 18.7. The summed E-state index contributed by atoms with van der Waals surface area (Å²) in [4.78, 5) is 13.5. The molecule has 4 rings (SSSR count). The highest BCUT2D eigenvalue weighted by Gasteiger charge is 2.35. The minimum atomic E-state index is -4.40. The number of carbonyl (C=O) groups excluding carboxylic acids is 1. The highest BCUT2D eigenvalue weighted by Crippen LogP contribution is 2.33. The fourth-order valence-corrected chi connectivity index (χ4v) is 4.26.